The first-order chi connectivity index (χ1) is 10.7. The van der Waals surface area contributed by atoms with Gasteiger partial charge in [-0.05, 0) is 26.1 Å². The first-order valence-electron chi connectivity index (χ1n) is 7.31. The highest BCUT2D eigenvalue weighted by Crippen LogP contribution is 2.28. The van der Waals surface area contributed by atoms with Crippen molar-refractivity contribution >= 4 is 11.0 Å². The average molecular weight is 299 g/mol. The minimum atomic E-state index is -0.182. The van der Waals surface area contributed by atoms with Crippen molar-refractivity contribution in [1.82, 2.24) is 25.0 Å². The second kappa shape index (κ2) is 5.19. The summed E-state index contributed by atoms with van der Waals surface area (Å²) in [6.07, 6.45) is 3.55. The fraction of sp³-hybridized carbons (Fsp3) is 0.400. The van der Waals surface area contributed by atoms with Crippen LogP contribution < -0.4 is 0 Å². The van der Waals surface area contributed by atoms with Gasteiger partial charge in [-0.25, -0.2) is 4.98 Å². The third-order valence-electron chi connectivity index (χ3n) is 3.86. The highest BCUT2D eigenvalue weighted by molar-refractivity contribution is 5.90. The van der Waals surface area contributed by atoms with Crippen LogP contribution in [0.25, 0.3) is 22.4 Å². The van der Waals surface area contributed by atoms with Crippen LogP contribution in [-0.4, -0.2) is 51.2 Å². The number of ether oxygens (including phenoxy) is 1. The summed E-state index contributed by atoms with van der Waals surface area (Å²) in [7, 11) is 2.06. The highest BCUT2D eigenvalue weighted by atomic mass is 16.5. The molecule has 3 aromatic heterocycles. The standard InChI is InChI=1S/C15H17N5O2/c1-9-7-20(2)8-12(21-9)15-18-14(19-22-15)11-4-6-17-13-10(11)3-5-16-13/h3-6,9,12H,7-8H2,1-2H3,(H,16,17)/t9-,12-/m1/s1. The largest absolute Gasteiger partial charge is 0.363 e. The fourth-order valence-electron chi connectivity index (χ4n) is 2.93. The number of fused-ring (bicyclic) bond motifs is 1. The van der Waals surface area contributed by atoms with Crippen molar-refractivity contribution in [3.63, 3.8) is 0 Å². The predicted octanol–water partition coefficient (Wildman–Crippen LogP) is 2.00. The Balaban J connectivity index is 1.68. The molecule has 1 fully saturated rings. The molecule has 2 atom stereocenters. The zero-order valence-electron chi connectivity index (χ0n) is 12.5. The zero-order valence-corrected chi connectivity index (χ0v) is 12.5. The molecule has 4 rings (SSSR count). The summed E-state index contributed by atoms with van der Waals surface area (Å²) >= 11 is 0. The second-order valence-electron chi connectivity index (χ2n) is 5.71. The van der Waals surface area contributed by atoms with Gasteiger partial charge in [0.25, 0.3) is 5.89 Å². The van der Waals surface area contributed by atoms with Gasteiger partial charge in [-0.3, -0.25) is 0 Å². The van der Waals surface area contributed by atoms with Crippen molar-refractivity contribution in [2.45, 2.75) is 19.1 Å². The summed E-state index contributed by atoms with van der Waals surface area (Å²) in [4.78, 5) is 14.1. The van der Waals surface area contributed by atoms with Gasteiger partial charge in [0.2, 0.25) is 5.82 Å². The Morgan fingerprint density at radius 1 is 1.32 bits per heavy atom. The van der Waals surface area contributed by atoms with E-state index in [0.717, 1.165) is 29.7 Å². The topological polar surface area (TPSA) is 80.1 Å². The van der Waals surface area contributed by atoms with Gasteiger partial charge in [0.1, 0.15) is 11.8 Å². The number of pyridine rings is 1. The van der Waals surface area contributed by atoms with Crippen molar-refractivity contribution in [1.29, 1.82) is 0 Å². The molecule has 1 aliphatic rings. The lowest BCUT2D eigenvalue weighted by Gasteiger charge is -2.32. The van der Waals surface area contributed by atoms with Crippen LogP contribution in [0.1, 0.15) is 18.9 Å². The van der Waals surface area contributed by atoms with Crippen molar-refractivity contribution in [3.8, 4) is 11.4 Å². The van der Waals surface area contributed by atoms with E-state index in [9.17, 15) is 0 Å². The number of H-pyrrole nitrogens is 1. The Hall–Kier alpha value is -2.25. The van der Waals surface area contributed by atoms with Gasteiger partial charge in [0.05, 0.1) is 6.10 Å². The van der Waals surface area contributed by atoms with E-state index in [1.807, 2.05) is 25.3 Å². The van der Waals surface area contributed by atoms with Crippen LogP contribution in [0.15, 0.2) is 29.0 Å². The molecule has 0 unspecified atom stereocenters. The van der Waals surface area contributed by atoms with E-state index in [2.05, 4.69) is 32.1 Å². The summed E-state index contributed by atoms with van der Waals surface area (Å²) in [5.74, 6) is 1.08. The molecule has 0 bridgehead atoms. The number of rotatable bonds is 2. The molecule has 0 radical (unpaired) electrons. The normalized spacial score (nSPS) is 23.2. The van der Waals surface area contributed by atoms with E-state index in [0.29, 0.717) is 11.7 Å². The molecule has 114 valence electrons. The molecule has 7 heteroatoms. The van der Waals surface area contributed by atoms with E-state index < -0.39 is 0 Å². The molecule has 0 spiro atoms. The van der Waals surface area contributed by atoms with E-state index >= 15 is 0 Å². The molecule has 0 aliphatic carbocycles. The first kappa shape index (κ1) is 13.4. The van der Waals surface area contributed by atoms with Crippen LogP contribution in [0, 0.1) is 0 Å². The van der Waals surface area contributed by atoms with E-state index in [4.69, 9.17) is 9.26 Å². The lowest BCUT2D eigenvalue weighted by Crippen LogP contribution is -2.40. The Bertz CT molecular complexity index is 786. The van der Waals surface area contributed by atoms with Crippen LogP contribution in [-0.2, 0) is 4.74 Å². The van der Waals surface area contributed by atoms with Gasteiger partial charge in [-0.15, -0.1) is 0 Å². The Morgan fingerprint density at radius 3 is 3.09 bits per heavy atom. The van der Waals surface area contributed by atoms with Gasteiger partial charge in [0.15, 0.2) is 0 Å². The fourth-order valence-corrected chi connectivity index (χ4v) is 2.93. The van der Waals surface area contributed by atoms with Crippen LogP contribution in [0.4, 0.5) is 0 Å². The van der Waals surface area contributed by atoms with Crippen LogP contribution in [0.5, 0.6) is 0 Å². The van der Waals surface area contributed by atoms with Gasteiger partial charge in [-0.1, -0.05) is 5.16 Å². The predicted molar refractivity (Wildman–Crippen MR) is 80.2 cm³/mol. The minimum absolute atomic E-state index is 0.149. The Labute approximate surface area is 127 Å². The van der Waals surface area contributed by atoms with Gasteiger partial charge in [0, 0.05) is 36.4 Å². The molecular formula is C15H17N5O2. The van der Waals surface area contributed by atoms with Gasteiger partial charge < -0.3 is 19.1 Å². The lowest BCUT2D eigenvalue weighted by atomic mass is 10.2. The van der Waals surface area contributed by atoms with Crippen molar-refractivity contribution < 1.29 is 9.26 Å². The number of morpholine rings is 1. The van der Waals surface area contributed by atoms with Crippen molar-refractivity contribution in [2.75, 3.05) is 20.1 Å². The molecule has 0 amide bonds. The van der Waals surface area contributed by atoms with Crippen LogP contribution in [0.2, 0.25) is 0 Å². The van der Waals surface area contributed by atoms with Gasteiger partial charge >= 0.3 is 0 Å². The maximum atomic E-state index is 5.91. The minimum Gasteiger partial charge on any atom is -0.363 e. The molecule has 1 aliphatic heterocycles. The molecule has 1 saturated heterocycles. The molecule has 4 heterocycles. The molecular weight excluding hydrogens is 282 g/mol. The summed E-state index contributed by atoms with van der Waals surface area (Å²) in [5, 5.41) is 5.09. The molecule has 22 heavy (non-hydrogen) atoms. The Morgan fingerprint density at radius 2 is 2.23 bits per heavy atom. The monoisotopic (exact) mass is 299 g/mol. The van der Waals surface area contributed by atoms with Crippen LogP contribution in [0.3, 0.4) is 0 Å². The zero-order chi connectivity index (χ0) is 15.1. The number of hydrogen-bond donors (Lipinski definition) is 1. The van der Waals surface area contributed by atoms with Crippen LogP contribution >= 0.6 is 0 Å². The number of aromatic amines is 1. The molecule has 3 aromatic rings. The molecule has 1 N–H and O–H groups in total. The molecule has 7 nitrogen and oxygen atoms in total. The summed E-state index contributed by atoms with van der Waals surface area (Å²) in [5.41, 5.74) is 1.71. The maximum Gasteiger partial charge on any atom is 0.257 e. The third-order valence-corrected chi connectivity index (χ3v) is 3.86. The number of nitrogens with zero attached hydrogens (tertiary/aromatic N) is 4. The number of likely N-dealkylation sites (N-methyl/N-ethyl adjacent to an activating group) is 1. The number of aromatic nitrogens is 4. The lowest BCUT2D eigenvalue weighted by molar-refractivity contribution is -0.0838. The van der Waals surface area contributed by atoms with E-state index in [1.165, 1.54) is 0 Å². The van der Waals surface area contributed by atoms with E-state index in [-0.39, 0.29) is 12.2 Å². The van der Waals surface area contributed by atoms with Gasteiger partial charge in [-0.2, -0.15) is 4.98 Å². The first-order valence-corrected chi connectivity index (χ1v) is 7.31. The van der Waals surface area contributed by atoms with Crippen molar-refractivity contribution in [2.24, 2.45) is 0 Å². The number of hydrogen-bond acceptors (Lipinski definition) is 6. The summed E-state index contributed by atoms with van der Waals surface area (Å²) in [6.45, 7) is 3.71. The summed E-state index contributed by atoms with van der Waals surface area (Å²) in [6, 6.07) is 3.85. The smallest absolute Gasteiger partial charge is 0.257 e. The average Bonchev–Trinajstić information content (AvgIpc) is 3.15. The third kappa shape index (κ3) is 2.28. The number of nitrogens with one attached hydrogen (secondary N) is 1. The summed E-state index contributed by atoms with van der Waals surface area (Å²) < 4.78 is 11.3. The molecule has 0 aromatic carbocycles. The SMILES string of the molecule is C[C@@H]1CN(C)C[C@H](c2nc(-c3ccnc4[nH]ccc34)no2)O1. The molecule has 0 saturated carbocycles. The van der Waals surface area contributed by atoms with Crippen molar-refractivity contribution in [3.05, 3.63) is 30.4 Å². The maximum absolute atomic E-state index is 5.91. The Kier molecular flexibility index (Phi) is 3.16. The quantitative estimate of drug-likeness (QED) is 0.779. The van der Waals surface area contributed by atoms with E-state index in [1.54, 1.807) is 6.20 Å². The second-order valence-corrected chi connectivity index (χ2v) is 5.71. The highest BCUT2D eigenvalue weighted by Gasteiger charge is 2.29.